The van der Waals surface area contributed by atoms with Crippen molar-refractivity contribution in [3.8, 4) is 5.75 Å². The van der Waals surface area contributed by atoms with Gasteiger partial charge in [-0.1, -0.05) is 0 Å². The fourth-order valence-corrected chi connectivity index (χ4v) is 1.47. The lowest BCUT2D eigenvalue weighted by Gasteiger charge is -1.99. The molecule has 14 heavy (non-hydrogen) atoms. The van der Waals surface area contributed by atoms with E-state index in [1.807, 2.05) is 6.92 Å². The van der Waals surface area contributed by atoms with Crippen molar-refractivity contribution in [3.63, 3.8) is 0 Å². The Morgan fingerprint density at radius 1 is 1.50 bits per heavy atom. The van der Waals surface area contributed by atoms with Crippen molar-refractivity contribution >= 4 is 11.1 Å². The molecule has 0 saturated heterocycles. The Hall–Kier alpha value is -1.71. The van der Waals surface area contributed by atoms with Crippen LogP contribution in [-0.2, 0) is 6.54 Å². The number of hydrogen-bond donors (Lipinski definition) is 0. The Morgan fingerprint density at radius 3 is 2.93 bits per heavy atom. The van der Waals surface area contributed by atoms with Gasteiger partial charge < -0.3 is 9.15 Å². The normalized spacial score (nSPS) is 10.7. The maximum Gasteiger partial charge on any atom is 0.419 e. The predicted octanol–water partition coefficient (Wildman–Crippen LogP) is 1.62. The third-order valence-corrected chi connectivity index (χ3v) is 2.19. The minimum Gasteiger partial charge on any atom is -0.497 e. The van der Waals surface area contributed by atoms with Crippen LogP contribution in [-0.4, -0.2) is 11.7 Å². The van der Waals surface area contributed by atoms with Crippen LogP contribution >= 0.6 is 0 Å². The molecule has 0 fully saturated rings. The Labute approximate surface area is 80.7 Å². The summed E-state index contributed by atoms with van der Waals surface area (Å²) < 4.78 is 11.7. The van der Waals surface area contributed by atoms with E-state index in [-0.39, 0.29) is 5.76 Å². The lowest BCUT2D eigenvalue weighted by molar-refractivity contribution is 0.415. The Morgan fingerprint density at radius 2 is 2.29 bits per heavy atom. The Bertz CT molecular complexity index is 510. The van der Waals surface area contributed by atoms with Gasteiger partial charge in [-0.3, -0.25) is 4.57 Å². The summed E-state index contributed by atoms with van der Waals surface area (Å²) >= 11 is 0. The van der Waals surface area contributed by atoms with Gasteiger partial charge in [-0.05, 0) is 19.1 Å². The van der Waals surface area contributed by atoms with E-state index in [1.165, 1.54) is 0 Å². The SMILES string of the molecule is CCn1c(=O)oc2ccc(OC)cc21. The highest BCUT2D eigenvalue weighted by Gasteiger charge is 2.07. The summed E-state index contributed by atoms with van der Waals surface area (Å²) in [4.78, 5) is 11.3. The molecule has 0 atom stereocenters. The van der Waals surface area contributed by atoms with E-state index in [0.29, 0.717) is 12.1 Å². The molecule has 0 unspecified atom stereocenters. The number of rotatable bonds is 2. The molecule has 1 aromatic carbocycles. The number of fused-ring (bicyclic) bond motifs is 1. The highest BCUT2D eigenvalue weighted by Crippen LogP contribution is 2.19. The molecule has 0 aliphatic carbocycles. The zero-order valence-electron chi connectivity index (χ0n) is 8.11. The standard InChI is InChI=1S/C10H11NO3/c1-3-11-8-6-7(13-2)4-5-9(8)14-10(11)12/h4-6H,3H2,1-2H3. The number of aromatic nitrogens is 1. The number of ether oxygens (including phenoxy) is 1. The van der Waals surface area contributed by atoms with Gasteiger partial charge in [-0.2, -0.15) is 0 Å². The van der Waals surface area contributed by atoms with Crippen molar-refractivity contribution in [3.05, 3.63) is 28.7 Å². The molecule has 0 aliphatic heterocycles. The maximum atomic E-state index is 11.3. The van der Waals surface area contributed by atoms with E-state index in [1.54, 1.807) is 29.9 Å². The van der Waals surface area contributed by atoms with Crippen molar-refractivity contribution in [1.82, 2.24) is 4.57 Å². The molecule has 0 radical (unpaired) electrons. The molecule has 0 aliphatic rings. The van der Waals surface area contributed by atoms with Gasteiger partial charge in [-0.25, -0.2) is 4.79 Å². The molecule has 0 saturated carbocycles. The van der Waals surface area contributed by atoms with Crippen LogP contribution < -0.4 is 10.5 Å². The summed E-state index contributed by atoms with van der Waals surface area (Å²) in [7, 11) is 1.59. The first-order valence-electron chi connectivity index (χ1n) is 4.43. The largest absolute Gasteiger partial charge is 0.497 e. The first-order valence-corrected chi connectivity index (χ1v) is 4.43. The van der Waals surface area contributed by atoms with Crippen LogP contribution in [0.25, 0.3) is 11.1 Å². The molecule has 4 heteroatoms. The fraction of sp³-hybridized carbons (Fsp3) is 0.300. The van der Waals surface area contributed by atoms with Crippen molar-refractivity contribution in [2.75, 3.05) is 7.11 Å². The van der Waals surface area contributed by atoms with Crippen LogP contribution in [0.15, 0.2) is 27.4 Å². The smallest absolute Gasteiger partial charge is 0.419 e. The van der Waals surface area contributed by atoms with Crippen molar-refractivity contribution in [1.29, 1.82) is 0 Å². The van der Waals surface area contributed by atoms with Crippen molar-refractivity contribution < 1.29 is 9.15 Å². The van der Waals surface area contributed by atoms with E-state index < -0.39 is 0 Å². The van der Waals surface area contributed by atoms with Gasteiger partial charge >= 0.3 is 5.76 Å². The van der Waals surface area contributed by atoms with E-state index in [0.717, 1.165) is 11.3 Å². The second-order valence-electron chi connectivity index (χ2n) is 2.95. The van der Waals surface area contributed by atoms with Crippen LogP contribution in [0.4, 0.5) is 0 Å². The predicted molar refractivity (Wildman–Crippen MR) is 52.7 cm³/mol. The van der Waals surface area contributed by atoms with Crippen LogP contribution in [0.1, 0.15) is 6.92 Å². The summed E-state index contributed by atoms with van der Waals surface area (Å²) in [6.07, 6.45) is 0. The van der Waals surface area contributed by atoms with Crippen LogP contribution in [0.5, 0.6) is 5.75 Å². The molecule has 2 aromatic rings. The minimum absolute atomic E-state index is 0.323. The number of aryl methyl sites for hydroxylation is 1. The molecule has 1 aromatic heterocycles. The molecule has 1 heterocycles. The average Bonchev–Trinajstić information content (AvgIpc) is 2.52. The van der Waals surface area contributed by atoms with E-state index >= 15 is 0 Å². The van der Waals surface area contributed by atoms with Crippen LogP contribution in [0.3, 0.4) is 0 Å². The summed E-state index contributed by atoms with van der Waals surface area (Å²) in [5.41, 5.74) is 1.37. The molecule has 0 amide bonds. The van der Waals surface area contributed by atoms with E-state index in [4.69, 9.17) is 9.15 Å². The molecule has 2 rings (SSSR count). The van der Waals surface area contributed by atoms with Gasteiger partial charge in [-0.15, -0.1) is 0 Å². The van der Waals surface area contributed by atoms with Crippen LogP contribution in [0.2, 0.25) is 0 Å². The van der Waals surface area contributed by atoms with Crippen LogP contribution in [0, 0.1) is 0 Å². The molecule has 0 N–H and O–H groups in total. The lowest BCUT2D eigenvalue weighted by atomic mass is 10.3. The minimum atomic E-state index is -0.323. The summed E-state index contributed by atoms with van der Waals surface area (Å²) in [6.45, 7) is 2.49. The van der Waals surface area contributed by atoms with Gasteiger partial charge in [0.05, 0.1) is 12.6 Å². The average molecular weight is 193 g/mol. The highest BCUT2D eigenvalue weighted by molar-refractivity contribution is 5.74. The molecule has 0 spiro atoms. The quantitative estimate of drug-likeness (QED) is 0.728. The monoisotopic (exact) mass is 193 g/mol. The molecular weight excluding hydrogens is 182 g/mol. The van der Waals surface area contributed by atoms with E-state index in [2.05, 4.69) is 0 Å². The number of oxazole rings is 1. The zero-order chi connectivity index (χ0) is 10.1. The van der Waals surface area contributed by atoms with Crippen molar-refractivity contribution in [2.24, 2.45) is 0 Å². The van der Waals surface area contributed by atoms with Crippen molar-refractivity contribution in [2.45, 2.75) is 13.5 Å². The molecule has 4 nitrogen and oxygen atoms in total. The number of methoxy groups -OCH3 is 1. The summed E-state index contributed by atoms with van der Waals surface area (Å²) in [6, 6.07) is 5.30. The maximum absolute atomic E-state index is 11.3. The third-order valence-electron chi connectivity index (χ3n) is 2.19. The van der Waals surface area contributed by atoms with Gasteiger partial charge in [0.25, 0.3) is 0 Å². The second-order valence-corrected chi connectivity index (χ2v) is 2.95. The number of benzene rings is 1. The zero-order valence-corrected chi connectivity index (χ0v) is 8.11. The summed E-state index contributed by atoms with van der Waals surface area (Å²) in [5, 5.41) is 0. The number of hydrogen-bond acceptors (Lipinski definition) is 3. The third kappa shape index (κ3) is 1.19. The number of nitrogens with zero attached hydrogens (tertiary/aromatic N) is 1. The highest BCUT2D eigenvalue weighted by atomic mass is 16.5. The first kappa shape index (κ1) is 8.87. The van der Waals surface area contributed by atoms with Gasteiger partial charge in [0.15, 0.2) is 5.58 Å². The molecule has 74 valence electrons. The molecule has 0 bridgehead atoms. The summed E-state index contributed by atoms with van der Waals surface area (Å²) in [5.74, 6) is 0.399. The molecular formula is C10H11NO3. The topological polar surface area (TPSA) is 44.4 Å². The fourth-order valence-electron chi connectivity index (χ4n) is 1.47. The lowest BCUT2D eigenvalue weighted by Crippen LogP contribution is -2.11. The van der Waals surface area contributed by atoms with Gasteiger partial charge in [0.1, 0.15) is 5.75 Å². The van der Waals surface area contributed by atoms with Gasteiger partial charge in [0.2, 0.25) is 0 Å². The Balaban J connectivity index is 2.77. The first-order chi connectivity index (χ1) is 6.76. The van der Waals surface area contributed by atoms with Gasteiger partial charge in [0, 0.05) is 12.6 Å². The second kappa shape index (κ2) is 3.21. The Kier molecular flexibility index (Phi) is 2.04. The van der Waals surface area contributed by atoms with E-state index in [9.17, 15) is 4.79 Å².